The maximum absolute atomic E-state index is 11.0. The Morgan fingerprint density at radius 2 is 1.42 bits per heavy atom. The molecule has 19 heavy (non-hydrogen) atoms. The van der Waals surface area contributed by atoms with Crippen molar-refractivity contribution in [3.05, 3.63) is 60.7 Å². The topological polar surface area (TPSA) is 49.3 Å². The van der Waals surface area contributed by atoms with Crippen LogP contribution in [0.3, 0.4) is 0 Å². The van der Waals surface area contributed by atoms with Gasteiger partial charge in [-0.1, -0.05) is 60.7 Å². The van der Waals surface area contributed by atoms with Crippen LogP contribution in [0.15, 0.2) is 60.7 Å². The van der Waals surface area contributed by atoms with E-state index in [1.54, 1.807) is 6.92 Å². The number of rotatable bonds is 5. The average molecular weight is 273 g/mol. The van der Waals surface area contributed by atoms with E-state index in [2.05, 4.69) is 5.09 Å². The predicted octanol–water partition coefficient (Wildman–Crippen LogP) is 2.10. The van der Waals surface area contributed by atoms with E-state index in [0.29, 0.717) is 0 Å². The first-order valence-corrected chi connectivity index (χ1v) is 7.42. The normalized spacial score (nSPS) is 12.3. The van der Waals surface area contributed by atoms with Crippen molar-refractivity contribution in [1.82, 2.24) is 5.09 Å². The number of carboxylic acid groups (broad SMARTS) is 1. The minimum absolute atomic E-state index is 0.577. The quantitative estimate of drug-likeness (QED) is 0.820. The van der Waals surface area contributed by atoms with E-state index in [0.717, 1.165) is 10.6 Å². The highest BCUT2D eigenvalue weighted by atomic mass is 31.1. The molecule has 0 fully saturated rings. The second-order valence-electron chi connectivity index (χ2n) is 4.20. The molecule has 0 saturated carbocycles. The van der Waals surface area contributed by atoms with Gasteiger partial charge < -0.3 is 5.11 Å². The number of carboxylic acids is 1. The smallest absolute Gasteiger partial charge is 0.320 e. The van der Waals surface area contributed by atoms with Gasteiger partial charge in [-0.2, -0.15) is 0 Å². The molecule has 0 spiro atoms. The third-order valence-electron chi connectivity index (χ3n) is 2.72. The van der Waals surface area contributed by atoms with Crippen LogP contribution < -0.4 is 15.7 Å². The number of nitrogens with one attached hydrogen (secondary N) is 1. The van der Waals surface area contributed by atoms with E-state index < -0.39 is 20.1 Å². The first-order chi connectivity index (χ1) is 9.18. The molecule has 0 bridgehead atoms. The summed E-state index contributed by atoms with van der Waals surface area (Å²) >= 11 is 0. The van der Waals surface area contributed by atoms with Crippen molar-refractivity contribution in [2.75, 3.05) is 0 Å². The molecule has 2 N–H and O–H groups in total. The van der Waals surface area contributed by atoms with Gasteiger partial charge in [-0.15, -0.1) is 0 Å². The lowest BCUT2D eigenvalue weighted by molar-refractivity contribution is -0.138. The molecular weight excluding hydrogens is 257 g/mol. The van der Waals surface area contributed by atoms with Crippen LogP contribution in [0.25, 0.3) is 0 Å². The Bertz CT molecular complexity index is 491. The van der Waals surface area contributed by atoms with Gasteiger partial charge in [0.15, 0.2) is 0 Å². The molecule has 2 aromatic carbocycles. The monoisotopic (exact) mass is 273 g/mol. The Balaban J connectivity index is 2.32. The summed E-state index contributed by atoms with van der Waals surface area (Å²) in [5.41, 5.74) is 0. The molecule has 98 valence electrons. The minimum atomic E-state index is -0.854. The lowest BCUT2D eigenvalue weighted by atomic mass is 10.4. The molecular formula is C15H16NO2P. The molecule has 0 heterocycles. The fraction of sp³-hybridized carbons (Fsp3) is 0.133. The van der Waals surface area contributed by atoms with Crippen molar-refractivity contribution < 1.29 is 9.90 Å². The van der Waals surface area contributed by atoms with Crippen molar-refractivity contribution >= 4 is 24.7 Å². The Morgan fingerprint density at radius 1 is 1.00 bits per heavy atom. The molecule has 0 aromatic heterocycles. The van der Waals surface area contributed by atoms with Gasteiger partial charge in [-0.05, 0) is 17.5 Å². The van der Waals surface area contributed by atoms with E-state index in [1.165, 1.54) is 0 Å². The van der Waals surface area contributed by atoms with Crippen LogP contribution in [-0.4, -0.2) is 17.1 Å². The van der Waals surface area contributed by atoms with Crippen molar-refractivity contribution in [3.8, 4) is 0 Å². The Morgan fingerprint density at radius 3 is 1.79 bits per heavy atom. The molecule has 1 atom stereocenters. The second-order valence-corrected chi connectivity index (χ2v) is 6.16. The molecule has 0 radical (unpaired) electrons. The van der Waals surface area contributed by atoms with Gasteiger partial charge >= 0.3 is 5.97 Å². The van der Waals surface area contributed by atoms with Crippen molar-refractivity contribution in [1.29, 1.82) is 0 Å². The zero-order valence-corrected chi connectivity index (χ0v) is 11.5. The Labute approximate surface area is 114 Å². The Kier molecular flexibility index (Phi) is 4.67. The van der Waals surface area contributed by atoms with Crippen LogP contribution in [0.1, 0.15) is 6.92 Å². The molecule has 2 rings (SSSR count). The summed E-state index contributed by atoms with van der Waals surface area (Å²) in [6.07, 6.45) is 0. The van der Waals surface area contributed by atoms with Gasteiger partial charge in [0.1, 0.15) is 6.04 Å². The average Bonchev–Trinajstić information content (AvgIpc) is 2.46. The van der Waals surface area contributed by atoms with Gasteiger partial charge in [-0.3, -0.25) is 9.88 Å². The molecule has 4 heteroatoms. The molecule has 0 unspecified atom stereocenters. The summed E-state index contributed by atoms with van der Waals surface area (Å²) in [4.78, 5) is 11.0. The van der Waals surface area contributed by atoms with Crippen LogP contribution in [0.4, 0.5) is 0 Å². The lowest BCUT2D eigenvalue weighted by Crippen LogP contribution is -2.35. The summed E-state index contributed by atoms with van der Waals surface area (Å²) in [5, 5.41) is 14.5. The third kappa shape index (κ3) is 3.63. The highest BCUT2D eigenvalue weighted by Gasteiger charge is 2.19. The summed E-state index contributed by atoms with van der Waals surface area (Å²) < 4.78 is 0. The molecule has 0 aliphatic heterocycles. The third-order valence-corrected chi connectivity index (χ3v) is 5.00. The SMILES string of the molecule is C[C@H](NP(c1ccccc1)c1ccccc1)C(=O)O. The molecule has 0 aliphatic carbocycles. The van der Waals surface area contributed by atoms with E-state index in [9.17, 15) is 4.79 Å². The second kappa shape index (κ2) is 6.46. The standard InChI is InChI=1S/C15H16NO2P/c1-12(15(17)18)16-19(13-8-4-2-5-9-13)14-10-6-3-7-11-14/h2-12,16H,1H3,(H,17,18)/t12-/m0/s1. The van der Waals surface area contributed by atoms with Gasteiger partial charge in [0.05, 0.1) is 0 Å². The fourth-order valence-corrected chi connectivity index (χ4v) is 3.74. The zero-order chi connectivity index (χ0) is 13.7. The summed E-state index contributed by atoms with van der Waals surface area (Å²) in [6, 6.07) is 19.3. The Hall–Kier alpha value is -1.70. The highest BCUT2D eigenvalue weighted by molar-refractivity contribution is 7.71. The maximum atomic E-state index is 11.0. The summed E-state index contributed by atoms with van der Waals surface area (Å²) in [6.45, 7) is 1.67. The van der Waals surface area contributed by atoms with Crippen molar-refractivity contribution in [2.45, 2.75) is 13.0 Å². The number of aliphatic carboxylic acids is 1. The van der Waals surface area contributed by atoms with Gasteiger partial charge in [0.25, 0.3) is 0 Å². The number of hydrogen-bond acceptors (Lipinski definition) is 2. The van der Waals surface area contributed by atoms with Crippen LogP contribution in [-0.2, 0) is 4.79 Å². The number of carbonyl (C=O) groups is 1. The zero-order valence-electron chi connectivity index (χ0n) is 10.7. The van der Waals surface area contributed by atoms with Gasteiger partial charge in [0, 0.05) is 8.07 Å². The maximum Gasteiger partial charge on any atom is 0.320 e. The van der Waals surface area contributed by atoms with E-state index in [1.807, 2.05) is 60.7 Å². The fourth-order valence-electron chi connectivity index (χ4n) is 1.70. The molecule has 3 nitrogen and oxygen atoms in total. The van der Waals surface area contributed by atoms with E-state index in [4.69, 9.17) is 5.11 Å². The van der Waals surface area contributed by atoms with Crippen LogP contribution in [0.2, 0.25) is 0 Å². The first kappa shape index (κ1) is 13.7. The molecule has 0 amide bonds. The lowest BCUT2D eigenvalue weighted by Gasteiger charge is -2.22. The molecule has 0 aliphatic rings. The van der Waals surface area contributed by atoms with E-state index >= 15 is 0 Å². The van der Waals surface area contributed by atoms with Gasteiger partial charge in [0.2, 0.25) is 0 Å². The van der Waals surface area contributed by atoms with E-state index in [-0.39, 0.29) is 0 Å². The minimum Gasteiger partial charge on any atom is -0.480 e. The van der Waals surface area contributed by atoms with Crippen molar-refractivity contribution in [3.63, 3.8) is 0 Å². The number of hydrogen-bond donors (Lipinski definition) is 2. The first-order valence-electron chi connectivity index (χ1n) is 6.07. The van der Waals surface area contributed by atoms with Gasteiger partial charge in [-0.25, -0.2) is 0 Å². The highest BCUT2D eigenvalue weighted by Crippen LogP contribution is 2.29. The van der Waals surface area contributed by atoms with Crippen molar-refractivity contribution in [2.24, 2.45) is 0 Å². The van der Waals surface area contributed by atoms with Crippen LogP contribution >= 0.6 is 8.07 Å². The summed E-state index contributed by atoms with van der Waals surface area (Å²) in [5.74, 6) is -0.834. The predicted molar refractivity (Wildman–Crippen MR) is 79.3 cm³/mol. The summed E-state index contributed by atoms with van der Waals surface area (Å²) in [7, 11) is -0.854. The molecule has 2 aromatic rings. The van der Waals surface area contributed by atoms with Crippen LogP contribution in [0, 0.1) is 0 Å². The number of benzene rings is 2. The largest absolute Gasteiger partial charge is 0.480 e. The molecule has 0 saturated heterocycles. The van der Waals surface area contributed by atoms with Crippen LogP contribution in [0.5, 0.6) is 0 Å².